The third kappa shape index (κ3) is 1.51. The van der Waals surface area contributed by atoms with Crippen LogP contribution in [0.25, 0.3) is 22.3 Å². The number of aromatic nitrogens is 3. The highest BCUT2D eigenvalue weighted by atomic mass is 16.4. The number of aryl methyl sites for hydroxylation is 3. The number of hydrogen-bond donors (Lipinski definition) is 2. The van der Waals surface area contributed by atoms with Gasteiger partial charge in [0.05, 0.1) is 23.1 Å². The predicted octanol–water partition coefficient (Wildman–Crippen LogP) is 2.85. The molecule has 0 spiro atoms. The zero-order valence-corrected chi connectivity index (χ0v) is 11.7. The summed E-state index contributed by atoms with van der Waals surface area (Å²) in [6, 6.07) is 5.50. The van der Waals surface area contributed by atoms with Crippen molar-refractivity contribution in [1.82, 2.24) is 14.8 Å². The van der Waals surface area contributed by atoms with Crippen LogP contribution in [0.2, 0.25) is 0 Å². The van der Waals surface area contributed by atoms with Crippen LogP contribution in [0, 0.1) is 0 Å². The van der Waals surface area contributed by atoms with E-state index in [2.05, 4.69) is 21.7 Å². The monoisotopic (exact) mass is 281 g/mol. The molecule has 2 aromatic heterocycles. The maximum atomic E-state index is 11.6. The first-order valence-corrected chi connectivity index (χ1v) is 7.12. The molecular weight excluding hydrogens is 266 g/mol. The number of aromatic amines is 1. The average molecular weight is 281 g/mol. The molecule has 5 heteroatoms. The van der Waals surface area contributed by atoms with Gasteiger partial charge in [-0.3, -0.25) is 5.10 Å². The molecular formula is C16H15N3O2. The maximum absolute atomic E-state index is 11.6. The summed E-state index contributed by atoms with van der Waals surface area (Å²) >= 11 is 0. The second-order valence-corrected chi connectivity index (χ2v) is 5.35. The van der Waals surface area contributed by atoms with Crippen molar-refractivity contribution in [3.8, 4) is 11.4 Å². The quantitative estimate of drug-likeness (QED) is 0.758. The molecule has 21 heavy (non-hydrogen) atoms. The second kappa shape index (κ2) is 4.22. The van der Waals surface area contributed by atoms with Gasteiger partial charge in [-0.1, -0.05) is 6.07 Å². The first kappa shape index (κ1) is 12.2. The highest BCUT2D eigenvalue weighted by molar-refractivity contribution is 6.07. The molecule has 1 aliphatic rings. The Morgan fingerprint density at radius 1 is 1.43 bits per heavy atom. The van der Waals surface area contributed by atoms with E-state index in [9.17, 15) is 9.90 Å². The van der Waals surface area contributed by atoms with E-state index in [1.807, 2.05) is 18.3 Å². The molecule has 0 radical (unpaired) electrons. The van der Waals surface area contributed by atoms with Gasteiger partial charge in [0.25, 0.3) is 0 Å². The summed E-state index contributed by atoms with van der Waals surface area (Å²) in [5.41, 5.74) is 5.84. The van der Waals surface area contributed by atoms with Gasteiger partial charge in [0.2, 0.25) is 0 Å². The Hall–Kier alpha value is -2.56. The van der Waals surface area contributed by atoms with E-state index in [0.29, 0.717) is 5.56 Å². The number of carbonyl (C=O) groups is 1. The number of aromatic carboxylic acids is 1. The minimum Gasteiger partial charge on any atom is -0.478 e. The summed E-state index contributed by atoms with van der Waals surface area (Å²) in [7, 11) is 0. The van der Waals surface area contributed by atoms with Crippen LogP contribution in [0.3, 0.4) is 0 Å². The fourth-order valence-electron chi connectivity index (χ4n) is 3.49. The van der Waals surface area contributed by atoms with Gasteiger partial charge in [-0.15, -0.1) is 0 Å². The molecule has 1 aromatic carbocycles. The lowest BCUT2D eigenvalue weighted by Gasteiger charge is -2.15. The van der Waals surface area contributed by atoms with E-state index in [1.54, 1.807) is 6.07 Å². The number of carboxylic acids is 1. The number of fused-ring (bicyclic) bond motifs is 5. The maximum Gasteiger partial charge on any atom is 0.336 e. The number of nitrogens with one attached hydrogen (secondary N) is 1. The molecule has 0 amide bonds. The Morgan fingerprint density at radius 3 is 3.05 bits per heavy atom. The first-order chi connectivity index (χ1) is 10.2. The smallest absolute Gasteiger partial charge is 0.336 e. The SMILES string of the molecule is CCn1c2c(c3c(C(=O)O)cccc31)CCc1cn[nH]c1-2. The zero-order valence-electron chi connectivity index (χ0n) is 11.7. The van der Waals surface area contributed by atoms with E-state index < -0.39 is 5.97 Å². The summed E-state index contributed by atoms with van der Waals surface area (Å²) in [4.78, 5) is 11.6. The Bertz CT molecular complexity index is 873. The normalized spacial score (nSPS) is 13.2. The standard InChI is InChI=1S/C16H15N3O2/c1-2-19-12-5-3-4-11(16(20)21)13(12)10-7-6-9-8-17-18-14(9)15(10)19/h3-5,8H,2,6-7H2,1H3,(H,17,18)(H,20,21). The molecule has 5 nitrogen and oxygen atoms in total. The van der Waals surface area contributed by atoms with Gasteiger partial charge in [-0.05, 0) is 43.0 Å². The van der Waals surface area contributed by atoms with E-state index in [4.69, 9.17) is 0 Å². The first-order valence-electron chi connectivity index (χ1n) is 7.12. The van der Waals surface area contributed by atoms with Gasteiger partial charge in [-0.25, -0.2) is 4.79 Å². The fourth-order valence-corrected chi connectivity index (χ4v) is 3.49. The van der Waals surface area contributed by atoms with Crippen LogP contribution in [0.5, 0.6) is 0 Å². The number of nitrogens with zero attached hydrogens (tertiary/aromatic N) is 2. The van der Waals surface area contributed by atoms with Crippen molar-refractivity contribution in [3.05, 3.63) is 41.1 Å². The molecule has 0 atom stereocenters. The lowest BCUT2D eigenvalue weighted by molar-refractivity contribution is 0.0699. The third-order valence-corrected chi connectivity index (χ3v) is 4.34. The summed E-state index contributed by atoms with van der Waals surface area (Å²) in [5.74, 6) is -0.868. The Morgan fingerprint density at radius 2 is 2.29 bits per heavy atom. The second-order valence-electron chi connectivity index (χ2n) is 5.35. The van der Waals surface area contributed by atoms with Crippen molar-refractivity contribution >= 4 is 16.9 Å². The lowest BCUT2D eigenvalue weighted by Crippen LogP contribution is -2.06. The van der Waals surface area contributed by atoms with Crippen LogP contribution in [-0.2, 0) is 19.4 Å². The van der Waals surface area contributed by atoms with E-state index in [1.165, 1.54) is 5.56 Å². The van der Waals surface area contributed by atoms with Crippen molar-refractivity contribution in [3.63, 3.8) is 0 Å². The Labute approximate surface area is 121 Å². The predicted molar refractivity (Wildman–Crippen MR) is 79.6 cm³/mol. The number of hydrogen-bond acceptors (Lipinski definition) is 2. The summed E-state index contributed by atoms with van der Waals surface area (Å²) < 4.78 is 2.19. The molecule has 0 fully saturated rings. The molecule has 0 aliphatic heterocycles. The molecule has 1 aliphatic carbocycles. The van der Waals surface area contributed by atoms with Gasteiger partial charge < -0.3 is 9.67 Å². The van der Waals surface area contributed by atoms with Gasteiger partial charge >= 0.3 is 5.97 Å². The molecule has 2 heterocycles. The van der Waals surface area contributed by atoms with Crippen molar-refractivity contribution in [1.29, 1.82) is 0 Å². The number of H-pyrrole nitrogens is 1. The van der Waals surface area contributed by atoms with E-state index in [-0.39, 0.29) is 0 Å². The molecule has 3 aromatic rings. The average Bonchev–Trinajstić information content (AvgIpc) is 3.07. The highest BCUT2D eigenvalue weighted by Gasteiger charge is 2.27. The van der Waals surface area contributed by atoms with Crippen LogP contribution < -0.4 is 0 Å². The number of benzene rings is 1. The largest absolute Gasteiger partial charge is 0.478 e. The fraction of sp³-hybridized carbons (Fsp3) is 0.250. The number of rotatable bonds is 2. The summed E-state index contributed by atoms with van der Waals surface area (Å²) in [6.45, 7) is 2.88. The van der Waals surface area contributed by atoms with E-state index >= 15 is 0 Å². The van der Waals surface area contributed by atoms with Gasteiger partial charge in [0.1, 0.15) is 0 Å². The van der Waals surface area contributed by atoms with Gasteiger partial charge in [-0.2, -0.15) is 5.10 Å². The van der Waals surface area contributed by atoms with Crippen LogP contribution in [0.15, 0.2) is 24.4 Å². The molecule has 106 valence electrons. The minimum atomic E-state index is -0.868. The van der Waals surface area contributed by atoms with Crippen molar-refractivity contribution < 1.29 is 9.90 Å². The van der Waals surface area contributed by atoms with E-state index in [0.717, 1.165) is 47.2 Å². The highest BCUT2D eigenvalue weighted by Crippen LogP contribution is 2.40. The van der Waals surface area contributed by atoms with Gasteiger partial charge in [0, 0.05) is 17.4 Å². The van der Waals surface area contributed by atoms with Crippen LogP contribution in [-0.4, -0.2) is 25.8 Å². The topological polar surface area (TPSA) is 70.9 Å². The number of carboxylic acid groups (broad SMARTS) is 1. The third-order valence-electron chi connectivity index (χ3n) is 4.34. The van der Waals surface area contributed by atoms with Crippen molar-refractivity contribution in [2.45, 2.75) is 26.3 Å². The molecule has 0 saturated heterocycles. The molecule has 0 bridgehead atoms. The minimum absolute atomic E-state index is 0.388. The molecule has 0 unspecified atom stereocenters. The lowest BCUT2D eigenvalue weighted by atomic mass is 9.92. The summed E-state index contributed by atoms with van der Waals surface area (Å²) in [6.07, 6.45) is 3.62. The van der Waals surface area contributed by atoms with Crippen molar-refractivity contribution in [2.75, 3.05) is 0 Å². The van der Waals surface area contributed by atoms with Crippen LogP contribution >= 0.6 is 0 Å². The van der Waals surface area contributed by atoms with Crippen molar-refractivity contribution in [2.24, 2.45) is 0 Å². The van der Waals surface area contributed by atoms with Crippen LogP contribution in [0.1, 0.15) is 28.4 Å². The molecule has 0 saturated carbocycles. The molecule has 2 N–H and O–H groups in total. The summed E-state index contributed by atoms with van der Waals surface area (Å²) in [5, 5.41) is 17.6. The Balaban J connectivity index is 2.18. The zero-order chi connectivity index (χ0) is 14.6. The molecule has 4 rings (SSSR count). The Kier molecular flexibility index (Phi) is 2.45. The van der Waals surface area contributed by atoms with Gasteiger partial charge in [0.15, 0.2) is 0 Å². The van der Waals surface area contributed by atoms with Crippen LogP contribution in [0.4, 0.5) is 0 Å².